The summed E-state index contributed by atoms with van der Waals surface area (Å²) in [7, 11) is 0. The van der Waals surface area contributed by atoms with Crippen molar-refractivity contribution in [3.63, 3.8) is 0 Å². The fraction of sp³-hybridized carbons (Fsp3) is 0.0909. The van der Waals surface area contributed by atoms with Gasteiger partial charge < -0.3 is 14.6 Å². The van der Waals surface area contributed by atoms with Gasteiger partial charge in [0.1, 0.15) is 17.9 Å². The standard InChI is InChI=1S/C22H18N2O5S/c1-2-10-24-20(26)18(19(25)23-22(24)30)12-14-6-8-17(9-7-14)29-13-15-4-3-5-16(11-15)21(27)28/h2-9,11-12H,1,10,13H2,(H,27,28)(H,23,25,30)/p-1/b18-12+. The van der Waals surface area contributed by atoms with Crippen LogP contribution in [0, 0.1) is 0 Å². The van der Waals surface area contributed by atoms with Gasteiger partial charge in [-0.15, -0.1) is 6.58 Å². The van der Waals surface area contributed by atoms with E-state index in [-0.39, 0.29) is 29.4 Å². The van der Waals surface area contributed by atoms with Crippen molar-refractivity contribution in [2.45, 2.75) is 6.61 Å². The summed E-state index contributed by atoms with van der Waals surface area (Å²) >= 11 is 5.02. The van der Waals surface area contributed by atoms with Crippen molar-refractivity contribution in [1.29, 1.82) is 0 Å². The molecule has 0 aliphatic carbocycles. The van der Waals surface area contributed by atoms with Crippen molar-refractivity contribution in [1.82, 2.24) is 10.2 Å². The normalized spacial score (nSPS) is 15.1. The molecule has 8 heteroatoms. The highest BCUT2D eigenvalue weighted by Gasteiger charge is 2.32. The minimum absolute atomic E-state index is 0.0294. The molecule has 1 aliphatic heterocycles. The third-order valence-electron chi connectivity index (χ3n) is 4.26. The van der Waals surface area contributed by atoms with Crippen LogP contribution in [0.2, 0.25) is 0 Å². The molecule has 1 aliphatic rings. The van der Waals surface area contributed by atoms with Gasteiger partial charge in [0.25, 0.3) is 11.8 Å². The van der Waals surface area contributed by atoms with Gasteiger partial charge in [-0.3, -0.25) is 19.8 Å². The summed E-state index contributed by atoms with van der Waals surface area (Å²) in [5.41, 5.74) is 1.37. The Bertz CT molecular complexity index is 1060. The second kappa shape index (κ2) is 9.15. The summed E-state index contributed by atoms with van der Waals surface area (Å²) in [5.74, 6) is -1.75. The summed E-state index contributed by atoms with van der Waals surface area (Å²) in [5, 5.41) is 13.5. The average molecular weight is 421 g/mol. The van der Waals surface area contributed by atoms with Crippen LogP contribution in [0.4, 0.5) is 0 Å². The van der Waals surface area contributed by atoms with Crippen LogP contribution in [0.15, 0.2) is 66.8 Å². The Hall–Kier alpha value is -3.78. The van der Waals surface area contributed by atoms with Gasteiger partial charge in [0.15, 0.2) is 5.11 Å². The summed E-state index contributed by atoms with van der Waals surface area (Å²) in [4.78, 5) is 36.9. The molecule has 30 heavy (non-hydrogen) atoms. The van der Waals surface area contributed by atoms with E-state index in [1.54, 1.807) is 36.4 Å². The number of carbonyl (C=O) groups excluding carboxylic acids is 3. The highest BCUT2D eigenvalue weighted by atomic mass is 32.1. The van der Waals surface area contributed by atoms with E-state index in [1.807, 2.05) is 0 Å². The van der Waals surface area contributed by atoms with Gasteiger partial charge in [-0.25, -0.2) is 0 Å². The van der Waals surface area contributed by atoms with Crippen LogP contribution in [0.3, 0.4) is 0 Å². The number of thiocarbonyl (C=S) groups is 1. The van der Waals surface area contributed by atoms with Crippen molar-refractivity contribution in [2.24, 2.45) is 0 Å². The van der Waals surface area contributed by atoms with E-state index >= 15 is 0 Å². The predicted octanol–water partition coefficient (Wildman–Crippen LogP) is 1.44. The Morgan fingerprint density at radius 2 is 1.93 bits per heavy atom. The van der Waals surface area contributed by atoms with Gasteiger partial charge in [-0.2, -0.15) is 0 Å². The van der Waals surface area contributed by atoms with E-state index in [0.717, 1.165) is 0 Å². The number of aromatic carboxylic acids is 1. The molecule has 3 rings (SSSR count). The van der Waals surface area contributed by atoms with E-state index in [9.17, 15) is 19.5 Å². The van der Waals surface area contributed by atoms with Gasteiger partial charge in [-0.1, -0.05) is 36.4 Å². The summed E-state index contributed by atoms with van der Waals surface area (Å²) in [6.45, 7) is 3.96. The highest BCUT2D eigenvalue weighted by molar-refractivity contribution is 7.80. The number of hydrogen-bond donors (Lipinski definition) is 1. The van der Waals surface area contributed by atoms with E-state index in [2.05, 4.69) is 11.9 Å². The molecule has 0 saturated carbocycles. The molecule has 2 aromatic carbocycles. The molecule has 1 fully saturated rings. The topological polar surface area (TPSA) is 98.8 Å². The van der Waals surface area contributed by atoms with Crippen LogP contribution in [0.25, 0.3) is 6.08 Å². The lowest BCUT2D eigenvalue weighted by Gasteiger charge is -2.27. The smallest absolute Gasteiger partial charge is 0.265 e. The molecule has 2 amide bonds. The molecule has 1 heterocycles. The van der Waals surface area contributed by atoms with Crippen molar-refractivity contribution in [3.05, 3.63) is 83.4 Å². The van der Waals surface area contributed by atoms with Crippen LogP contribution < -0.4 is 15.2 Å². The lowest BCUT2D eigenvalue weighted by Crippen LogP contribution is -2.53. The third kappa shape index (κ3) is 4.79. The van der Waals surface area contributed by atoms with Crippen LogP contribution in [0.1, 0.15) is 21.5 Å². The molecule has 2 aromatic rings. The maximum atomic E-state index is 12.5. The number of carbonyl (C=O) groups is 3. The number of carboxylic acids is 1. The maximum Gasteiger partial charge on any atom is 0.265 e. The van der Waals surface area contributed by atoms with E-state index in [4.69, 9.17) is 17.0 Å². The van der Waals surface area contributed by atoms with Crippen LogP contribution in [-0.4, -0.2) is 34.3 Å². The first-order valence-corrected chi connectivity index (χ1v) is 9.33. The molecular weight excluding hydrogens is 404 g/mol. The zero-order valence-corrected chi connectivity index (χ0v) is 16.6. The molecule has 1 saturated heterocycles. The first-order chi connectivity index (χ1) is 14.4. The number of nitrogens with zero attached hydrogens (tertiary/aromatic N) is 1. The van der Waals surface area contributed by atoms with Gasteiger partial charge in [0.05, 0.1) is 5.97 Å². The van der Waals surface area contributed by atoms with Crippen molar-refractivity contribution < 1.29 is 24.2 Å². The molecule has 1 N–H and O–H groups in total. The van der Waals surface area contributed by atoms with Crippen LogP contribution >= 0.6 is 12.2 Å². The first kappa shape index (κ1) is 20.9. The number of carboxylic acid groups (broad SMARTS) is 1. The molecule has 0 aromatic heterocycles. The number of amides is 2. The average Bonchev–Trinajstić information content (AvgIpc) is 2.73. The van der Waals surface area contributed by atoms with Crippen LogP contribution in [-0.2, 0) is 16.2 Å². The Morgan fingerprint density at radius 1 is 1.20 bits per heavy atom. The Kier molecular flexibility index (Phi) is 6.38. The fourth-order valence-electron chi connectivity index (χ4n) is 2.77. The van der Waals surface area contributed by atoms with Gasteiger partial charge >= 0.3 is 0 Å². The first-order valence-electron chi connectivity index (χ1n) is 8.92. The Labute approximate surface area is 178 Å². The number of ether oxygens (including phenoxy) is 1. The number of hydrogen-bond acceptors (Lipinski definition) is 6. The molecule has 0 spiro atoms. The molecule has 0 unspecified atom stereocenters. The number of rotatable bonds is 7. The molecule has 7 nitrogen and oxygen atoms in total. The number of nitrogens with one attached hydrogen (secondary N) is 1. The number of benzene rings is 2. The van der Waals surface area contributed by atoms with Gasteiger partial charge in [0.2, 0.25) is 0 Å². The predicted molar refractivity (Wildman–Crippen MR) is 112 cm³/mol. The largest absolute Gasteiger partial charge is 0.545 e. The Balaban J connectivity index is 1.70. The quantitative estimate of drug-likeness (QED) is 0.314. The van der Waals surface area contributed by atoms with Gasteiger partial charge in [-0.05, 0) is 53.2 Å². The summed E-state index contributed by atoms with van der Waals surface area (Å²) in [6.07, 6.45) is 3.00. The van der Waals surface area contributed by atoms with Crippen molar-refractivity contribution >= 4 is 41.2 Å². The lowest BCUT2D eigenvalue weighted by molar-refractivity contribution is -0.255. The molecule has 0 radical (unpaired) electrons. The van der Waals surface area contributed by atoms with Crippen molar-refractivity contribution in [3.8, 4) is 5.75 Å². The van der Waals surface area contributed by atoms with E-state index in [0.29, 0.717) is 16.9 Å². The fourth-order valence-corrected chi connectivity index (χ4v) is 3.02. The molecule has 152 valence electrons. The van der Waals surface area contributed by atoms with Gasteiger partial charge in [0, 0.05) is 6.54 Å². The minimum atomic E-state index is -1.25. The van der Waals surface area contributed by atoms with E-state index < -0.39 is 17.8 Å². The van der Waals surface area contributed by atoms with E-state index in [1.165, 1.54) is 29.2 Å². The molecular formula is C22H17N2O5S-. The Morgan fingerprint density at radius 3 is 2.60 bits per heavy atom. The maximum absolute atomic E-state index is 12.5. The zero-order valence-electron chi connectivity index (χ0n) is 15.8. The summed E-state index contributed by atoms with van der Waals surface area (Å²) < 4.78 is 5.66. The zero-order chi connectivity index (χ0) is 21.7. The summed E-state index contributed by atoms with van der Waals surface area (Å²) in [6, 6.07) is 13.1. The SMILES string of the molecule is C=CCN1C(=O)/C(=C/c2ccc(OCc3cccc(C(=O)[O-])c3)cc2)C(=O)NC1=S. The highest BCUT2D eigenvalue weighted by Crippen LogP contribution is 2.19. The van der Waals surface area contributed by atoms with Crippen LogP contribution in [0.5, 0.6) is 5.75 Å². The molecule has 0 bridgehead atoms. The molecule has 0 atom stereocenters. The second-order valence-corrected chi connectivity index (χ2v) is 6.75. The second-order valence-electron chi connectivity index (χ2n) is 6.37. The lowest BCUT2D eigenvalue weighted by atomic mass is 10.1. The minimum Gasteiger partial charge on any atom is -0.545 e. The monoisotopic (exact) mass is 421 g/mol. The third-order valence-corrected chi connectivity index (χ3v) is 4.58. The van der Waals surface area contributed by atoms with Crippen molar-refractivity contribution in [2.75, 3.05) is 6.54 Å².